The van der Waals surface area contributed by atoms with Gasteiger partial charge < -0.3 is 24.3 Å². The van der Waals surface area contributed by atoms with Crippen molar-refractivity contribution in [1.29, 1.82) is 0 Å². The first-order valence-corrected chi connectivity index (χ1v) is 9.44. The quantitative estimate of drug-likeness (QED) is 0.106. The molecule has 1 rings (SSSR count). The fourth-order valence-corrected chi connectivity index (χ4v) is 2.15. The highest BCUT2D eigenvalue weighted by Gasteiger charge is 2.05. The van der Waals surface area contributed by atoms with Crippen molar-refractivity contribution in [3.63, 3.8) is 0 Å². The van der Waals surface area contributed by atoms with Gasteiger partial charge in [0, 0.05) is 23.6 Å². The molecule has 1 aromatic carbocycles. The molecule has 30 heavy (non-hydrogen) atoms. The van der Waals surface area contributed by atoms with E-state index in [0.29, 0.717) is 46.0 Å². The van der Waals surface area contributed by atoms with E-state index in [0.717, 1.165) is 5.56 Å². The number of nitrogens with zero attached hydrogens (tertiary/aromatic N) is 4. The van der Waals surface area contributed by atoms with Crippen LogP contribution >= 0.6 is 0 Å². The van der Waals surface area contributed by atoms with Crippen LogP contribution in [0.4, 0.5) is 10.5 Å². The molecule has 0 bridgehead atoms. The Morgan fingerprint density at radius 3 is 2.33 bits per heavy atom. The Morgan fingerprint density at radius 1 is 1.13 bits per heavy atom. The first-order valence-electron chi connectivity index (χ1n) is 9.44. The lowest BCUT2D eigenvalue weighted by atomic mass is 10.1. The molecular weight excluding hydrogens is 398 g/mol. The van der Waals surface area contributed by atoms with Crippen molar-refractivity contribution in [2.75, 3.05) is 52.8 Å². The van der Waals surface area contributed by atoms with Gasteiger partial charge in [0.25, 0.3) is 5.69 Å². The molecule has 0 radical (unpaired) electrons. The summed E-state index contributed by atoms with van der Waals surface area (Å²) in [5, 5.41) is 16.7. The van der Waals surface area contributed by atoms with Crippen molar-refractivity contribution < 1.29 is 28.7 Å². The molecule has 0 spiro atoms. The third kappa shape index (κ3) is 12.5. The normalized spacial score (nSPS) is 11.4. The summed E-state index contributed by atoms with van der Waals surface area (Å²) in [5.74, 6) is 0. The van der Waals surface area contributed by atoms with E-state index < -0.39 is 11.0 Å². The summed E-state index contributed by atoms with van der Waals surface area (Å²) in [7, 11) is 0. The lowest BCUT2D eigenvalue weighted by Crippen LogP contribution is -2.27. The fourth-order valence-electron chi connectivity index (χ4n) is 2.15. The molecular formula is C18H27N5O7. The lowest BCUT2D eigenvalue weighted by Gasteiger charge is -2.09. The van der Waals surface area contributed by atoms with Crippen molar-refractivity contribution in [2.24, 2.45) is 5.11 Å². The average Bonchev–Trinajstić information content (AvgIpc) is 2.72. The minimum atomic E-state index is -0.552. The Morgan fingerprint density at radius 2 is 1.73 bits per heavy atom. The summed E-state index contributed by atoms with van der Waals surface area (Å²) in [5.41, 5.74) is 9.15. The number of nitrogens with one attached hydrogen (secondary N) is 1. The van der Waals surface area contributed by atoms with Crippen LogP contribution in [0.25, 0.3) is 10.4 Å². The second-order valence-electron chi connectivity index (χ2n) is 6.09. The number of amides is 1. The van der Waals surface area contributed by atoms with Gasteiger partial charge in [-0.2, -0.15) is 0 Å². The minimum Gasteiger partial charge on any atom is -0.447 e. The van der Waals surface area contributed by atoms with E-state index in [4.69, 9.17) is 24.5 Å². The number of ether oxygens (including phenoxy) is 4. The van der Waals surface area contributed by atoms with Crippen molar-refractivity contribution in [2.45, 2.75) is 19.4 Å². The molecule has 1 aromatic rings. The number of rotatable bonds is 16. The van der Waals surface area contributed by atoms with E-state index in [-0.39, 0.29) is 24.9 Å². The molecule has 0 aliphatic heterocycles. The van der Waals surface area contributed by atoms with Crippen LogP contribution in [-0.2, 0) is 25.4 Å². The van der Waals surface area contributed by atoms with Crippen LogP contribution in [0, 0.1) is 10.1 Å². The third-order valence-electron chi connectivity index (χ3n) is 3.64. The van der Waals surface area contributed by atoms with Crippen LogP contribution in [0.15, 0.2) is 29.4 Å². The Labute approximate surface area is 174 Å². The van der Waals surface area contributed by atoms with Crippen LogP contribution in [0.2, 0.25) is 0 Å². The van der Waals surface area contributed by atoms with Gasteiger partial charge in [0.15, 0.2) is 0 Å². The van der Waals surface area contributed by atoms with Gasteiger partial charge in [-0.15, -0.1) is 0 Å². The molecule has 0 saturated heterocycles. The fraction of sp³-hybridized carbons (Fsp3) is 0.611. The van der Waals surface area contributed by atoms with Crippen LogP contribution in [0.1, 0.15) is 12.5 Å². The molecule has 1 amide bonds. The maximum atomic E-state index is 11.6. The highest BCUT2D eigenvalue weighted by atomic mass is 16.6. The molecule has 0 aliphatic rings. The van der Waals surface area contributed by atoms with Gasteiger partial charge >= 0.3 is 6.09 Å². The maximum absolute atomic E-state index is 11.6. The zero-order chi connectivity index (χ0) is 22.0. The number of nitro benzene ring substituents is 1. The number of carbonyl (C=O) groups is 1. The van der Waals surface area contributed by atoms with Gasteiger partial charge in [0.1, 0.15) is 6.61 Å². The minimum absolute atomic E-state index is 0.0294. The molecule has 1 unspecified atom stereocenters. The number of nitro groups is 1. The molecule has 12 heteroatoms. The summed E-state index contributed by atoms with van der Waals surface area (Å²) in [6.07, 6.45) is -0.0152. The topological polar surface area (TPSA) is 158 Å². The molecule has 0 heterocycles. The predicted octanol–water partition coefficient (Wildman–Crippen LogP) is 2.61. The zero-order valence-electron chi connectivity index (χ0n) is 16.9. The maximum Gasteiger partial charge on any atom is 0.407 e. The largest absolute Gasteiger partial charge is 0.447 e. The van der Waals surface area contributed by atoms with Gasteiger partial charge in [-0.05, 0) is 17.5 Å². The summed E-state index contributed by atoms with van der Waals surface area (Å²) in [6, 6.07) is 5.94. The van der Waals surface area contributed by atoms with E-state index in [2.05, 4.69) is 15.3 Å². The van der Waals surface area contributed by atoms with Gasteiger partial charge in [0.2, 0.25) is 0 Å². The second-order valence-corrected chi connectivity index (χ2v) is 6.09. The molecule has 0 saturated carbocycles. The third-order valence-corrected chi connectivity index (χ3v) is 3.64. The lowest BCUT2D eigenvalue weighted by molar-refractivity contribution is -0.384. The number of benzene rings is 1. The Bertz CT molecular complexity index is 680. The Hall–Kier alpha value is -2.92. The zero-order valence-corrected chi connectivity index (χ0v) is 16.9. The summed E-state index contributed by atoms with van der Waals surface area (Å²) >= 11 is 0. The van der Waals surface area contributed by atoms with Crippen LogP contribution in [0.3, 0.4) is 0 Å². The van der Waals surface area contributed by atoms with E-state index in [1.165, 1.54) is 12.1 Å². The highest BCUT2D eigenvalue weighted by molar-refractivity contribution is 5.67. The van der Waals surface area contributed by atoms with Crippen LogP contribution in [-0.4, -0.2) is 69.9 Å². The molecule has 0 aromatic heterocycles. The number of hydrogen-bond acceptors (Lipinski definition) is 8. The molecule has 0 fully saturated rings. The van der Waals surface area contributed by atoms with Crippen LogP contribution in [0.5, 0.6) is 0 Å². The van der Waals surface area contributed by atoms with Gasteiger partial charge in [-0.3, -0.25) is 10.1 Å². The highest BCUT2D eigenvalue weighted by Crippen LogP contribution is 2.11. The van der Waals surface area contributed by atoms with Gasteiger partial charge in [-0.1, -0.05) is 24.2 Å². The van der Waals surface area contributed by atoms with Crippen molar-refractivity contribution in [1.82, 2.24) is 5.32 Å². The monoisotopic (exact) mass is 425 g/mol. The number of non-ortho nitro benzene ring substituents is 1. The molecule has 166 valence electrons. The number of alkyl carbamates (subject to hydrolysis) is 1. The number of azide groups is 1. The summed E-state index contributed by atoms with van der Waals surface area (Å²) in [6.45, 7) is 4.37. The standard InChI is InChI=1S/C18H27N5O7/c1-15(21-22-19)14-29-11-10-27-8-9-28-12-13-30-18(24)20-7-6-16-2-4-17(5-3-16)23(25)26/h2-5,15H,6-14H2,1H3,(H,20,24). The molecule has 1 N–H and O–H groups in total. The van der Waals surface area contributed by atoms with Crippen LogP contribution < -0.4 is 5.32 Å². The van der Waals surface area contributed by atoms with E-state index in [9.17, 15) is 14.9 Å². The molecule has 1 atom stereocenters. The van der Waals surface area contributed by atoms with Gasteiger partial charge in [-0.25, -0.2) is 4.79 Å². The van der Waals surface area contributed by atoms with Crippen molar-refractivity contribution in [3.8, 4) is 0 Å². The SMILES string of the molecule is CC(COCCOCCOCCOC(=O)NCCc1ccc([N+](=O)[O-])cc1)N=[N+]=[N-]. The average molecular weight is 425 g/mol. The summed E-state index contributed by atoms with van der Waals surface area (Å²) < 4.78 is 20.8. The predicted molar refractivity (Wildman–Crippen MR) is 107 cm³/mol. The number of carbonyl (C=O) groups excluding carboxylic acids is 1. The Balaban J connectivity index is 1.91. The molecule has 0 aliphatic carbocycles. The van der Waals surface area contributed by atoms with E-state index in [1.54, 1.807) is 19.1 Å². The summed E-state index contributed by atoms with van der Waals surface area (Å²) in [4.78, 5) is 24.4. The number of hydrogen-bond donors (Lipinski definition) is 1. The van der Waals surface area contributed by atoms with Gasteiger partial charge in [0.05, 0.1) is 50.6 Å². The second kappa shape index (κ2) is 15.9. The molecule has 12 nitrogen and oxygen atoms in total. The first-order chi connectivity index (χ1) is 14.5. The van der Waals surface area contributed by atoms with E-state index >= 15 is 0 Å². The Kier molecular flexibility index (Phi) is 13.3. The first kappa shape index (κ1) is 25.1. The smallest absolute Gasteiger partial charge is 0.407 e. The van der Waals surface area contributed by atoms with Crippen molar-refractivity contribution >= 4 is 11.8 Å². The van der Waals surface area contributed by atoms with Crippen molar-refractivity contribution in [3.05, 3.63) is 50.4 Å². The van der Waals surface area contributed by atoms with E-state index in [1.807, 2.05) is 0 Å².